The number of hydrogen-bond acceptors (Lipinski definition) is 3. The third-order valence-electron chi connectivity index (χ3n) is 2.72. The summed E-state index contributed by atoms with van der Waals surface area (Å²) in [6, 6.07) is 4.50. The maximum Gasteiger partial charge on any atom is 0.0553 e. The summed E-state index contributed by atoms with van der Waals surface area (Å²) in [5.41, 5.74) is 8.19. The smallest absolute Gasteiger partial charge is 0.0553 e. The molecule has 2 rings (SSSR count). The van der Waals surface area contributed by atoms with Gasteiger partial charge in [0, 0.05) is 24.8 Å². The quantitative estimate of drug-likeness (QED) is 0.791. The van der Waals surface area contributed by atoms with E-state index < -0.39 is 0 Å². The van der Waals surface area contributed by atoms with Crippen molar-refractivity contribution in [2.45, 2.75) is 39.7 Å². The molecule has 0 aliphatic carbocycles. The highest BCUT2D eigenvalue weighted by molar-refractivity contribution is 5.45. The molecule has 1 fully saturated rings. The van der Waals surface area contributed by atoms with Crippen molar-refractivity contribution in [3.8, 4) is 0 Å². The van der Waals surface area contributed by atoms with Crippen molar-refractivity contribution in [3.63, 3.8) is 0 Å². The molecule has 0 spiro atoms. The van der Waals surface area contributed by atoms with Crippen LogP contribution in [0.1, 0.15) is 32.4 Å². The number of hydrogen-bond donors (Lipinski definition) is 1. The molecule has 16 heavy (non-hydrogen) atoms. The zero-order valence-electron chi connectivity index (χ0n) is 10.6. The fourth-order valence-corrected chi connectivity index (χ4v) is 1.89. The molecule has 1 atom stereocenters. The molecule has 90 valence electrons. The molecular weight excluding hydrogens is 198 g/mol. The Balaban J connectivity index is 0.000000606. The van der Waals surface area contributed by atoms with Crippen LogP contribution in [0, 0.1) is 6.92 Å². The Morgan fingerprint density at radius 1 is 1.38 bits per heavy atom. The van der Waals surface area contributed by atoms with Crippen molar-refractivity contribution in [3.05, 3.63) is 24.0 Å². The number of nitrogens with zero attached hydrogens (tertiary/aromatic N) is 2. The Hall–Kier alpha value is -1.09. The largest absolute Gasteiger partial charge is 0.369 e. The van der Waals surface area contributed by atoms with Crippen LogP contribution in [-0.4, -0.2) is 24.1 Å². The molecule has 3 nitrogen and oxygen atoms in total. The molecule has 1 aromatic rings. The topological polar surface area (TPSA) is 42.1 Å². The summed E-state index contributed by atoms with van der Waals surface area (Å²) >= 11 is 0. The lowest BCUT2D eigenvalue weighted by Gasteiger charge is -2.32. The molecule has 1 unspecified atom stereocenters. The molecule has 1 aliphatic heterocycles. The number of nitrogens with two attached hydrogens (primary N) is 1. The fourth-order valence-electron chi connectivity index (χ4n) is 1.89. The van der Waals surface area contributed by atoms with Crippen LogP contribution >= 0.6 is 0 Å². The van der Waals surface area contributed by atoms with Gasteiger partial charge in [-0.3, -0.25) is 4.98 Å². The summed E-state index contributed by atoms with van der Waals surface area (Å²) in [4.78, 5) is 6.62. The predicted octanol–water partition coefficient (Wildman–Crippen LogP) is 2.34. The average molecular weight is 221 g/mol. The molecule has 2 N–H and O–H groups in total. The van der Waals surface area contributed by atoms with E-state index in [0.717, 1.165) is 25.2 Å². The first-order valence-corrected chi connectivity index (χ1v) is 6.19. The summed E-state index contributed by atoms with van der Waals surface area (Å²) < 4.78 is 0. The first-order chi connectivity index (χ1) is 7.75. The highest BCUT2D eigenvalue weighted by Gasteiger charge is 2.16. The average Bonchev–Trinajstić information content (AvgIpc) is 2.32. The Kier molecular flexibility index (Phi) is 5.26. The van der Waals surface area contributed by atoms with Crippen LogP contribution in [0.15, 0.2) is 18.3 Å². The van der Waals surface area contributed by atoms with Crippen molar-refractivity contribution >= 4 is 5.69 Å². The highest BCUT2D eigenvalue weighted by Crippen LogP contribution is 2.18. The van der Waals surface area contributed by atoms with Crippen molar-refractivity contribution < 1.29 is 0 Å². The third-order valence-corrected chi connectivity index (χ3v) is 2.72. The van der Waals surface area contributed by atoms with Crippen molar-refractivity contribution in [1.82, 2.24) is 4.98 Å². The maximum absolute atomic E-state index is 5.93. The predicted molar refractivity (Wildman–Crippen MR) is 69.7 cm³/mol. The van der Waals surface area contributed by atoms with Crippen LogP contribution in [0.3, 0.4) is 0 Å². The van der Waals surface area contributed by atoms with Gasteiger partial charge >= 0.3 is 0 Å². The zero-order chi connectivity index (χ0) is 12.0. The second kappa shape index (κ2) is 6.48. The van der Waals surface area contributed by atoms with Gasteiger partial charge in [0.05, 0.1) is 11.9 Å². The SMILES string of the molecule is CC.Cc1ccc(N2CCCC(N)C2)cn1. The number of aromatic nitrogens is 1. The van der Waals surface area contributed by atoms with Crippen molar-refractivity contribution in [1.29, 1.82) is 0 Å². The molecule has 1 saturated heterocycles. The van der Waals surface area contributed by atoms with E-state index in [4.69, 9.17) is 5.73 Å². The summed E-state index contributed by atoms with van der Waals surface area (Å²) in [5, 5.41) is 0. The lowest BCUT2D eigenvalue weighted by atomic mass is 10.1. The van der Waals surface area contributed by atoms with E-state index in [0.29, 0.717) is 6.04 Å². The minimum Gasteiger partial charge on any atom is -0.369 e. The third kappa shape index (κ3) is 3.49. The standard InChI is InChI=1S/C11H17N3.C2H6/c1-9-4-5-11(7-13-9)14-6-2-3-10(12)8-14;1-2/h4-5,7,10H,2-3,6,8,12H2,1H3;1-2H3. The molecular formula is C13H23N3. The van der Waals surface area contributed by atoms with Gasteiger partial charge in [-0.1, -0.05) is 13.8 Å². The summed E-state index contributed by atoms with van der Waals surface area (Å²) in [6.07, 6.45) is 4.28. The van der Waals surface area contributed by atoms with E-state index in [9.17, 15) is 0 Å². The van der Waals surface area contributed by atoms with Gasteiger partial charge in [-0.2, -0.15) is 0 Å². The van der Waals surface area contributed by atoms with Gasteiger partial charge in [-0.15, -0.1) is 0 Å². The monoisotopic (exact) mass is 221 g/mol. The van der Waals surface area contributed by atoms with Gasteiger partial charge in [0.15, 0.2) is 0 Å². The van der Waals surface area contributed by atoms with Gasteiger partial charge in [-0.05, 0) is 31.9 Å². The van der Waals surface area contributed by atoms with Crippen molar-refractivity contribution in [2.75, 3.05) is 18.0 Å². The molecule has 0 amide bonds. The van der Waals surface area contributed by atoms with Crippen LogP contribution in [0.4, 0.5) is 5.69 Å². The summed E-state index contributed by atoms with van der Waals surface area (Å²) in [7, 11) is 0. The second-order valence-corrected chi connectivity index (χ2v) is 4.01. The van der Waals surface area contributed by atoms with E-state index >= 15 is 0 Å². The molecule has 0 saturated carbocycles. The molecule has 2 heterocycles. The van der Waals surface area contributed by atoms with Crippen LogP contribution in [0.2, 0.25) is 0 Å². The molecule has 0 radical (unpaired) electrons. The number of anilines is 1. The molecule has 1 aliphatic rings. The van der Waals surface area contributed by atoms with Gasteiger partial charge in [0.2, 0.25) is 0 Å². The Bertz CT molecular complexity index is 295. The Morgan fingerprint density at radius 2 is 2.12 bits per heavy atom. The molecule has 3 heteroatoms. The molecule has 1 aromatic heterocycles. The number of rotatable bonds is 1. The van der Waals surface area contributed by atoms with Crippen LogP contribution in [0.5, 0.6) is 0 Å². The Morgan fingerprint density at radius 3 is 2.69 bits per heavy atom. The maximum atomic E-state index is 5.93. The van der Waals surface area contributed by atoms with Crippen molar-refractivity contribution in [2.24, 2.45) is 5.73 Å². The van der Waals surface area contributed by atoms with E-state index in [2.05, 4.69) is 22.0 Å². The first kappa shape index (κ1) is 13.0. The van der Waals surface area contributed by atoms with Crippen LogP contribution < -0.4 is 10.6 Å². The van der Waals surface area contributed by atoms with E-state index in [-0.39, 0.29) is 0 Å². The first-order valence-electron chi connectivity index (χ1n) is 6.19. The second-order valence-electron chi connectivity index (χ2n) is 4.01. The van der Waals surface area contributed by atoms with E-state index in [1.807, 2.05) is 27.0 Å². The summed E-state index contributed by atoms with van der Waals surface area (Å²) in [5.74, 6) is 0. The van der Waals surface area contributed by atoms with E-state index in [1.54, 1.807) is 0 Å². The molecule has 0 bridgehead atoms. The zero-order valence-corrected chi connectivity index (χ0v) is 10.6. The van der Waals surface area contributed by atoms with Gasteiger partial charge in [0.25, 0.3) is 0 Å². The normalized spacial score (nSPS) is 20.0. The number of aryl methyl sites for hydroxylation is 1. The van der Waals surface area contributed by atoms with Crippen LogP contribution in [0.25, 0.3) is 0 Å². The molecule has 0 aromatic carbocycles. The number of pyridine rings is 1. The lowest BCUT2D eigenvalue weighted by molar-refractivity contribution is 0.506. The highest BCUT2D eigenvalue weighted by atomic mass is 15.2. The minimum absolute atomic E-state index is 0.324. The van der Waals surface area contributed by atoms with E-state index in [1.165, 1.54) is 12.1 Å². The van der Waals surface area contributed by atoms with Gasteiger partial charge in [-0.25, -0.2) is 0 Å². The minimum atomic E-state index is 0.324. The lowest BCUT2D eigenvalue weighted by Crippen LogP contribution is -2.42. The summed E-state index contributed by atoms with van der Waals surface area (Å²) in [6.45, 7) is 8.08. The van der Waals surface area contributed by atoms with Gasteiger partial charge in [0.1, 0.15) is 0 Å². The Labute approximate surface area is 98.7 Å². The number of piperidine rings is 1. The van der Waals surface area contributed by atoms with Gasteiger partial charge < -0.3 is 10.6 Å². The van der Waals surface area contributed by atoms with Crippen LogP contribution in [-0.2, 0) is 0 Å². The fraction of sp³-hybridized carbons (Fsp3) is 0.615.